The molecule has 0 saturated heterocycles. The molecule has 4 aromatic rings. The third-order valence-electron chi connectivity index (χ3n) is 4.80. The van der Waals surface area contributed by atoms with Gasteiger partial charge < -0.3 is 15.0 Å². The van der Waals surface area contributed by atoms with Crippen molar-refractivity contribution in [2.45, 2.75) is 20.8 Å². The van der Waals surface area contributed by atoms with Crippen LogP contribution in [0.3, 0.4) is 0 Å². The summed E-state index contributed by atoms with van der Waals surface area (Å²) in [5, 5.41) is 7.87. The number of hydrogen-bond acceptors (Lipinski definition) is 4. The number of halogens is 1. The summed E-state index contributed by atoms with van der Waals surface area (Å²) in [6.45, 7) is 5.90. The second-order valence-electron chi connectivity index (χ2n) is 7.40. The molecular weight excluding hydrogens is 425 g/mol. The van der Waals surface area contributed by atoms with Crippen LogP contribution in [0.15, 0.2) is 65.8 Å². The quantitative estimate of drug-likeness (QED) is 0.204. The van der Waals surface area contributed by atoms with Gasteiger partial charge in [0.2, 0.25) is 0 Å². The molecule has 0 amide bonds. The molecule has 6 nitrogen and oxygen atoms in total. The Kier molecular flexibility index (Phi) is 6.13. The minimum atomic E-state index is -0.307. The molecule has 0 aliphatic rings. The first kappa shape index (κ1) is 21.5. The van der Waals surface area contributed by atoms with Crippen LogP contribution in [0.1, 0.15) is 23.9 Å². The van der Waals surface area contributed by atoms with E-state index >= 15 is 0 Å². The lowest BCUT2D eigenvalue weighted by Gasteiger charge is -2.10. The monoisotopic (exact) mass is 447 g/mol. The number of nitrogens with zero attached hydrogens (tertiary/aromatic N) is 2. The summed E-state index contributed by atoms with van der Waals surface area (Å²) in [7, 11) is 0. The summed E-state index contributed by atoms with van der Waals surface area (Å²) in [5.41, 5.74) is 8.30. The number of rotatable bonds is 5. The summed E-state index contributed by atoms with van der Waals surface area (Å²) in [4.78, 5) is 7.80. The lowest BCUT2D eigenvalue weighted by Crippen LogP contribution is -2.25. The summed E-state index contributed by atoms with van der Waals surface area (Å²) >= 11 is 5.35. The van der Waals surface area contributed by atoms with Gasteiger partial charge in [-0.1, -0.05) is 17.7 Å². The molecule has 3 aromatic carbocycles. The van der Waals surface area contributed by atoms with Gasteiger partial charge in [0.05, 0.1) is 11.0 Å². The standard InChI is InChI=1S/C24H22FN5OS/c1-14-4-10-20(15(2)12-14)28-24(32)30-29-16(3)23-26-21-11-9-19(13-22(21)27-23)31-18-7-5-17(25)6-8-18/h4-13H,1-3H3,(H,26,27)(H2,28,30,32)/b29-16+. The number of aromatic amines is 1. The normalized spacial score (nSPS) is 11.4. The number of benzene rings is 3. The number of hydrogen-bond donors (Lipinski definition) is 3. The third-order valence-corrected chi connectivity index (χ3v) is 4.99. The molecule has 0 unspecified atom stereocenters. The first-order valence-corrected chi connectivity index (χ1v) is 10.4. The Bertz CT molecular complexity index is 1310. The van der Waals surface area contributed by atoms with Gasteiger partial charge in [-0.05, 0) is 81.0 Å². The lowest BCUT2D eigenvalue weighted by atomic mass is 10.1. The lowest BCUT2D eigenvalue weighted by molar-refractivity contribution is 0.481. The number of aromatic nitrogens is 2. The average molecular weight is 448 g/mol. The second kappa shape index (κ2) is 9.15. The number of H-pyrrole nitrogens is 1. The number of hydrazone groups is 1. The molecule has 162 valence electrons. The van der Waals surface area contributed by atoms with Crippen molar-refractivity contribution >= 4 is 39.8 Å². The van der Waals surface area contributed by atoms with Gasteiger partial charge in [-0.2, -0.15) is 5.10 Å². The summed E-state index contributed by atoms with van der Waals surface area (Å²) in [6, 6.07) is 17.5. The first-order valence-electron chi connectivity index (χ1n) is 9.99. The van der Waals surface area contributed by atoms with Crippen molar-refractivity contribution in [2.24, 2.45) is 5.10 Å². The first-order chi connectivity index (χ1) is 15.4. The fourth-order valence-electron chi connectivity index (χ4n) is 3.15. The maximum absolute atomic E-state index is 13.1. The Labute approximate surface area is 190 Å². The van der Waals surface area contributed by atoms with Gasteiger partial charge in [-0.3, -0.25) is 5.43 Å². The van der Waals surface area contributed by atoms with Gasteiger partial charge in [-0.15, -0.1) is 0 Å². The minimum absolute atomic E-state index is 0.307. The molecule has 1 heterocycles. The molecule has 0 aliphatic carbocycles. The summed E-state index contributed by atoms with van der Waals surface area (Å²) in [5.74, 6) is 1.47. The van der Waals surface area contributed by atoms with Gasteiger partial charge >= 0.3 is 0 Å². The molecule has 3 N–H and O–H groups in total. The molecule has 1 aromatic heterocycles. The van der Waals surface area contributed by atoms with Crippen LogP contribution in [-0.4, -0.2) is 20.8 Å². The van der Waals surface area contributed by atoms with E-state index in [2.05, 4.69) is 31.9 Å². The number of aryl methyl sites for hydroxylation is 2. The smallest absolute Gasteiger partial charge is 0.191 e. The Morgan fingerprint density at radius 3 is 2.53 bits per heavy atom. The van der Waals surface area contributed by atoms with Crippen LogP contribution in [0.5, 0.6) is 11.5 Å². The van der Waals surface area contributed by atoms with E-state index in [1.165, 1.54) is 17.7 Å². The SMILES string of the molecule is C/C(=N\NC(=S)Nc1ccc(C)cc1C)c1nc2ccc(Oc3ccc(F)cc3)cc2[nH]1. The zero-order valence-electron chi connectivity index (χ0n) is 17.9. The van der Waals surface area contributed by atoms with Gasteiger partial charge in [0.1, 0.15) is 23.0 Å². The van der Waals surface area contributed by atoms with Crippen molar-refractivity contribution in [3.05, 3.63) is 83.4 Å². The molecule has 0 saturated carbocycles. The Morgan fingerprint density at radius 1 is 1.03 bits per heavy atom. The molecule has 32 heavy (non-hydrogen) atoms. The van der Waals surface area contributed by atoms with Gasteiger partial charge in [0.25, 0.3) is 0 Å². The largest absolute Gasteiger partial charge is 0.457 e. The highest BCUT2D eigenvalue weighted by molar-refractivity contribution is 7.80. The highest BCUT2D eigenvalue weighted by Gasteiger charge is 2.08. The highest BCUT2D eigenvalue weighted by atomic mass is 32.1. The van der Waals surface area contributed by atoms with E-state index in [1.807, 2.05) is 51.1 Å². The fraction of sp³-hybridized carbons (Fsp3) is 0.125. The zero-order valence-corrected chi connectivity index (χ0v) is 18.7. The van der Waals surface area contributed by atoms with Gasteiger partial charge in [0.15, 0.2) is 10.9 Å². The van der Waals surface area contributed by atoms with E-state index in [1.54, 1.807) is 12.1 Å². The van der Waals surface area contributed by atoms with Crippen LogP contribution < -0.4 is 15.5 Å². The van der Waals surface area contributed by atoms with Crippen molar-refractivity contribution in [3.8, 4) is 11.5 Å². The van der Waals surface area contributed by atoms with Crippen molar-refractivity contribution in [2.75, 3.05) is 5.32 Å². The number of imidazole rings is 1. The molecule has 0 bridgehead atoms. The van der Waals surface area contributed by atoms with Crippen molar-refractivity contribution in [1.82, 2.24) is 15.4 Å². The van der Waals surface area contributed by atoms with Crippen molar-refractivity contribution < 1.29 is 9.13 Å². The van der Waals surface area contributed by atoms with Crippen molar-refractivity contribution in [1.29, 1.82) is 0 Å². The Hall–Kier alpha value is -3.78. The highest BCUT2D eigenvalue weighted by Crippen LogP contribution is 2.25. The van der Waals surface area contributed by atoms with Crippen LogP contribution in [0, 0.1) is 19.7 Å². The molecular formula is C24H22FN5OS. The minimum Gasteiger partial charge on any atom is -0.457 e. The molecule has 8 heteroatoms. The molecule has 0 radical (unpaired) electrons. The van der Waals surface area contributed by atoms with E-state index in [9.17, 15) is 4.39 Å². The average Bonchev–Trinajstić information content (AvgIpc) is 3.19. The maximum Gasteiger partial charge on any atom is 0.191 e. The van der Waals surface area contributed by atoms with E-state index in [-0.39, 0.29) is 5.82 Å². The predicted molar refractivity (Wildman–Crippen MR) is 130 cm³/mol. The van der Waals surface area contributed by atoms with Crippen LogP contribution in [0.4, 0.5) is 10.1 Å². The number of anilines is 1. The van der Waals surface area contributed by atoms with E-state index in [0.29, 0.717) is 28.1 Å². The topological polar surface area (TPSA) is 74.3 Å². The maximum atomic E-state index is 13.1. The molecule has 4 rings (SSSR count). The Balaban J connectivity index is 1.44. The van der Waals surface area contributed by atoms with Crippen molar-refractivity contribution in [3.63, 3.8) is 0 Å². The number of ether oxygens (including phenoxy) is 1. The molecule has 0 atom stereocenters. The number of fused-ring (bicyclic) bond motifs is 1. The van der Waals surface area contributed by atoms with Gasteiger partial charge in [0, 0.05) is 11.8 Å². The predicted octanol–water partition coefficient (Wildman–Crippen LogP) is 5.82. The van der Waals surface area contributed by atoms with Crippen LogP contribution in [0.25, 0.3) is 11.0 Å². The van der Waals surface area contributed by atoms with Gasteiger partial charge in [-0.25, -0.2) is 9.37 Å². The van der Waals surface area contributed by atoms with E-state index < -0.39 is 0 Å². The van der Waals surface area contributed by atoms with E-state index in [0.717, 1.165) is 22.3 Å². The van der Waals surface area contributed by atoms with Crippen LogP contribution in [0.2, 0.25) is 0 Å². The number of nitrogens with one attached hydrogen (secondary N) is 3. The summed E-state index contributed by atoms with van der Waals surface area (Å²) in [6.07, 6.45) is 0. The Morgan fingerprint density at radius 2 is 1.78 bits per heavy atom. The molecule has 0 fully saturated rings. The second-order valence-corrected chi connectivity index (χ2v) is 7.81. The van der Waals surface area contributed by atoms with Crippen LogP contribution >= 0.6 is 12.2 Å². The molecule has 0 aliphatic heterocycles. The zero-order chi connectivity index (χ0) is 22.7. The fourth-order valence-corrected chi connectivity index (χ4v) is 3.31. The number of thiocarbonyl (C=S) groups is 1. The molecule has 0 spiro atoms. The third kappa shape index (κ3) is 5.09. The summed E-state index contributed by atoms with van der Waals surface area (Å²) < 4.78 is 18.9. The van der Waals surface area contributed by atoms with Crippen LogP contribution in [-0.2, 0) is 0 Å². The van der Waals surface area contributed by atoms with E-state index in [4.69, 9.17) is 17.0 Å².